The quantitative estimate of drug-likeness (QED) is 0.836. The van der Waals surface area contributed by atoms with Crippen molar-refractivity contribution in [2.75, 3.05) is 19.8 Å². The molecule has 0 radical (unpaired) electrons. The Hall–Kier alpha value is -0.980. The highest BCUT2D eigenvalue weighted by molar-refractivity contribution is 7.88. The van der Waals surface area contributed by atoms with Crippen molar-refractivity contribution in [3.05, 3.63) is 35.6 Å². The minimum absolute atomic E-state index is 0.0996. The largest absolute Gasteiger partial charge is 0.378 e. The monoisotopic (exact) mass is 273 g/mol. The van der Waals surface area contributed by atoms with Gasteiger partial charge in [-0.25, -0.2) is 12.8 Å². The average molecular weight is 273 g/mol. The summed E-state index contributed by atoms with van der Waals surface area (Å²) in [6, 6.07) is 5.39. The van der Waals surface area contributed by atoms with Crippen molar-refractivity contribution in [2.45, 2.75) is 18.7 Å². The molecule has 1 unspecified atom stereocenters. The smallest absolute Gasteiger partial charge is 0.218 e. The highest BCUT2D eigenvalue weighted by Crippen LogP contribution is 2.17. The molecule has 0 saturated carbocycles. The van der Waals surface area contributed by atoms with Crippen LogP contribution in [0.2, 0.25) is 0 Å². The summed E-state index contributed by atoms with van der Waals surface area (Å²) in [4.78, 5) is 0. The first-order chi connectivity index (χ1) is 8.49. The summed E-state index contributed by atoms with van der Waals surface area (Å²) < 4.78 is 43.9. The number of hydrogen-bond acceptors (Lipinski definition) is 3. The van der Waals surface area contributed by atoms with E-state index in [0.717, 1.165) is 0 Å². The maximum absolute atomic E-state index is 12.8. The molecule has 1 heterocycles. The number of hydrogen-bond donors (Lipinski definition) is 0. The molecular weight excluding hydrogens is 257 g/mol. The summed E-state index contributed by atoms with van der Waals surface area (Å²) in [7, 11) is -3.37. The lowest BCUT2D eigenvalue weighted by molar-refractivity contribution is 0.0392. The zero-order valence-electron chi connectivity index (χ0n) is 10.2. The summed E-state index contributed by atoms with van der Waals surface area (Å²) in [6.07, 6.45) is 0. The van der Waals surface area contributed by atoms with Crippen LogP contribution in [0.1, 0.15) is 12.5 Å². The number of sulfonamides is 1. The van der Waals surface area contributed by atoms with Crippen molar-refractivity contribution in [1.29, 1.82) is 0 Å². The van der Waals surface area contributed by atoms with E-state index < -0.39 is 10.0 Å². The fourth-order valence-corrected chi connectivity index (χ4v) is 3.74. The molecule has 1 atom stereocenters. The number of morpholine rings is 1. The number of benzene rings is 1. The van der Waals surface area contributed by atoms with E-state index in [1.165, 1.54) is 28.6 Å². The summed E-state index contributed by atoms with van der Waals surface area (Å²) >= 11 is 0. The standard InChI is InChI=1S/C12H16FNO3S/c1-10-8-17-7-6-14(10)18(15,16)9-11-2-4-12(13)5-3-11/h2-5,10H,6-9H2,1H3. The van der Waals surface area contributed by atoms with Gasteiger partial charge >= 0.3 is 0 Å². The molecule has 0 aliphatic carbocycles. The van der Waals surface area contributed by atoms with E-state index >= 15 is 0 Å². The molecule has 0 aromatic heterocycles. The van der Waals surface area contributed by atoms with Crippen LogP contribution < -0.4 is 0 Å². The Balaban J connectivity index is 2.13. The van der Waals surface area contributed by atoms with Crippen LogP contribution in [0.5, 0.6) is 0 Å². The Kier molecular flexibility index (Phi) is 3.99. The van der Waals surface area contributed by atoms with Crippen molar-refractivity contribution < 1.29 is 17.5 Å². The second kappa shape index (κ2) is 5.34. The van der Waals surface area contributed by atoms with E-state index in [1.54, 1.807) is 0 Å². The number of ether oxygens (including phenoxy) is 1. The van der Waals surface area contributed by atoms with Gasteiger partial charge in [0.25, 0.3) is 0 Å². The number of rotatable bonds is 3. The second-order valence-electron chi connectivity index (χ2n) is 4.42. The summed E-state index contributed by atoms with van der Waals surface area (Å²) in [6.45, 7) is 3.04. The zero-order chi connectivity index (χ0) is 13.2. The maximum Gasteiger partial charge on any atom is 0.218 e. The number of halogens is 1. The first-order valence-corrected chi connectivity index (χ1v) is 7.42. The van der Waals surface area contributed by atoms with E-state index in [9.17, 15) is 12.8 Å². The molecule has 100 valence electrons. The molecule has 0 amide bonds. The van der Waals surface area contributed by atoms with Gasteiger partial charge < -0.3 is 4.74 Å². The van der Waals surface area contributed by atoms with E-state index in [1.807, 2.05) is 6.92 Å². The Morgan fingerprint density at radius 3 is 2.67 bits per heavy atom. The molecule has 18 heavy (non-hydrogen) atoms. The van der Waals surface area contributed by atoms with E-state index in [2.05, 4.69) is 0 Å². The fourth-order valence-electron chi connectivity index (χ4n) is 2.00. The van der Waals surface area contributed by atoms with Gasteiger partial charge in [-0.05, 0) is 24.6 Å². The van der Waals surface area contributed by atoms with E-state index in [4.69, 9.17) is 4.74 Å². The first-order valence-electron chi connectivity index (χ1n) is 5.81. The van der Waals surface area contributed by atoms with Crippen LogP contribution in [-0.4, -0.2) is 38.5 Å². The maximum atomic E-state index is 12.8. The van der Waals surface area contributed by atoms with Crippen molar-refractivity contribution in [3.8, 4) is 0 Å². The minimum atomic E-state index is -3.37. The van der Waals surface area contributed by atoms with Crippen LogP contribution in [-0.2, 0) is 20.5 Å². The average Bonchev–Trinajstić information content (AvgIpc) is 2.32. The molecule has 1 aromatic rings. The summed E-state index contributed by atoms with van der Waals surface area (Å²) in [5, 5.41) is 0. The Morgan fingerprint density at radius 2 is 2.06 bits per heavy atom. The highest BCUT2D eigenvalue weighted by Gasteiger charge is 2.29. The lowest BCUT2D eigenvalue weighted by Crippen LogP contribution is -2.47. The van der Waals surface area contributed by atoms with Gasteiger partial charge in [0.05, 0.1) is 19.0 Å². The Morgan fingerprint density at radius 1 is 1.39 bits per heavy atom. The van der Waals surface area contributed by atoms with Gasteiger partial charge in [0.2, 0.25) is 10.0 Å². The SMILES string of the molecule is CC1COCCN1S(=O)(=O)Cc1ccc(F)cc1. The topological polar surface area (TPSA) is 46.6 Å². The van der Waals surface area contributed by atoms with Crippen molar-refractivity contribution in [3.63, 3.8) is 0 Å². The van der Waals surface area contributed by atoms with Gasteiger partial charge in [-0.1, -0.05) is 12.1 Å². The van der Waals surface area contributed by atoms with Crippen molar-refractivity contribution in [2.24, 2.45) is 0 Å². The molecular formula is C12H16FNO3S. The molecule has 4 nitrogen and oxygen atoms in total. The third-order valence-electron chi connectivity index (χ3n) is 2.93. The third-order valence-corrected chi connectivity index (χ3v) is 4.88. The van der Waals surface area contributed by atoms with Crippen LogP contribution in [0.4, 0.5) is 4.39 Å². The van der Waals surface area contributed by atoms with Crippen LogP contribution in [0, 0.1) is 5.82 Å². The molecule has 6 heteroatoms. The van der Waals surface area contributed by atoms with Crippen LogP contribution >= 0.6 is 0 Å². The second-order valence-corrected chi connectivity index (χ2v) is 6.34. The van der Waals surface area contributed by atoms with Gasteiger partial charge in [-0.3, -0.25) is 0 Å². The van der Waals surface area contributed by atoms with Crippen LogP contribution in [0.15, 0.2) is 24.3 Å². The molecule has 1 saturated heterocycles. The van der Waals surface area contributed by atoms with Gasteiger partial charge in [0.1, 0.15) is 5.82 Å². The molecule has 1 aliphatic rings. The van der Waals surface area contributed by atoms with E-state index in [-0.39, 0.29) is 17.6 Å². The molecule has 0 bridgehead atoms. The normalized spacial score (nSPS) is 22.0. The van der Waals surface area contributed by atoms with Gasteiger partial charge in [-0.2, -0.15) is 4.31 Å². The third kappa shape index (κ3) is 3.07. The van der Waals surface area contributed by atoms with Gasteiger partial charge in [-0.15, -0.1) is 0 Å². The first kappa shape index (κ1) is 13.5. The summed E-state index contributed by atoms with van der Waals surface area (Å²) in [5.41, 5.74) is 0.593. The Bertz CT molecular complexity index is 501. The lowest BCUT2D eigenvalue weighted by Gasteiger charge is -2.32. The van der Waals surface area contributed by atoms with Gasteiger partial charge in [0, 0.05) is 12.6 Å². The van der Waals surface area contributed by atoms with Crippen molar-refractivity contribution in [1.82, 2.24) is 4.31 Å². The van der Waals surface area contributed by atoms with E-state index in [0.29, 0.717) is 25.3 Å². The highest BCUT2D eigenvalue weighted by atomic mass is 32.2. The Labute approximate surface area is 106 Å². The number of nitrogens with zero attached hydrogens (tertiary/aromatic N) is 1. The predicted octanol–water partition coefficient (Wildman–Crippen LogP) is 1.38. The molecule has 1 aliphatic heterocycles. The fraction of sp³-hybridized carbons (Fsp3) is 0.500. The van der Waals surface area contributed by atoms with Crippen molar-refractivity contribution >= 4 is 10.0 Å². The summed E-state index contributed by atoms with van der Waals surface area (Å²) in [5.74, 6) is -0.465. The van der Waals surface area contributed by atoms with Crippen LogP contribution in [0.3, 0.4) is 0 Å². The molecule has 0 N–H and O–H groups in total. The molecule has 0 spiro atoms. The van der Waals surface area contributed by atoms with Gasteiger partial charge in [0.15, 0.2) is 0 Å². The molecule has 1 fully saturated rings. The molecule has 1 aromatic carbocycles. The lowest BCUT2D eigenvalue weighted by atomic mass is 10.2. The zero-order valence-corrected chi connectivity index (χ0v) is 11.0. The minimum Gasteiger partial charge on any atom is -0.378 e. The predicted molar refractivity (Wildman–Crippen MR) is 66.0 cm³/mol. The molecule has 2 rings (SSSR count). The van der Waals surface area contributed by atoms with Crippen LogP contribution in [0.25, 0.3) is 0 Å².